The number of amides is 1. The Morgan fingerprint density at radius 1 is 1.47 bits per heavy atom. The maximum atomic E-state index is 11.8. The van der Waals surface area contributed by atoms with E-state index < -0.39 is 0 Å². The molecule has 1 aliphatic rings. The number of nitrogens with one attached hydrogen (secondary N) is 1. The Balaban J connectivity index is 2.15. The lowest BCUT2D eigenvalue weighted by Crippen LogP contribution is -2.41. The van der Waals surface area contributed by atoms with Gasteiger partial charge in [0.25, 0.3) is 0 Å². The number of hydrogen-bond acceptors (Lipinski definition) is 4. The largest absolute Gasteiger partial charge is 0.394 e. The van der Waals surface area contributed by atoms with Crippen molar-refractivity contribution in [3.63, 3.8) is 0 Å². The van der Waals surface area contributed by atoms with Crippen molar-refractivity contribution in [2.75, 3.05) is 39.9 Å². The van der Waals surface area contributed by atoms with Crippen molar-refractivity contribution in [1.82, 2.24) is 10.2 Å². The van der Waals surface area contributed by atoms with Crippen LogP contribution in [-0.2, 0) is 9.53 Å². The van der Waals surface area contributed by atoms with Crippen molar-refractivity contribution in [3.8, 4) is 0 Å². The van der Waals surface area contributed by atoms with E-state index in [9.17, 15) is 4.79 Å². The van der Waals surface area contributed by atoms with Gasteiger partial charge >= 0.3 is 0 Å². The Labute approximate surface area is 103 Å². The number of carbonyl (C=O) groups is 1. The van der Waals surface area contributed by atoms with Gasteiger partial charge in [0.1, 0.15) is 0 Å². The fraction of sp³-hybridized carbons (Fsp3) is 0.917. The first-order valence-corrected chi connectivity index (χ1v) is 6.42. The molecule has 0 bridgehead atoms. The standard InChI is InChI=1S/C12H24N2O3/c1-13-6-2-3-12(16)14-7-4-11(5-8-14)17-10-9-15/h11,13,15H,2-10H2,1H3. The maximum absolute atomic E-state index is 11.8. The number of aliphatic hydroxyl groups is 1. The monoisotopic (exact) mass is 244 g/mol. The van der Waals surface area contributed by atoms with Crippen molar-refractivity contribution in [2.24, 2.45) is 0 Å². The minimum atomic E-state index is 0.0726. The second-order valence-corrected chi connectivity index (χ2v) is 4.38. The molecular weight excluding hydrogens is 220 g/mol. The number of aliphatic hydroxyl groups excluding tert-OH is 1. The molecule has 0 spiro atoms. The number of piperidine rings is 1. The van der Waals surface area contributed by atoms with E-state index in [0.717, 1.165) is 38.9 Å². The summed E-state index contributed by atoms with van der Waals surface area (Å²) in [5.74, 6) is 0.251. The minimum Gasteiger partial charge on any atom is -0.394 e. The molecule has 2 N–H and O–H groups in total. The van der Waals surface area contributed by atoms with Gasteiger partial charge in [-0.2, -0.15) is 0 Å². The van der Waals surface area contributed by atoms with Crippen LogP contribution in [0.25, 0.3) is 0 Å². The molecule has 17 heavy (non-hydrogen) atoms. The molecule has 1 fully saturated rings. The molecule has 0 unspecified atom stereocenters. The van der Waals surface area contributed by atoms with Crippen LogP contribution in [0, 0.1) is 0 Å². The molecule has 100 valence electrons. The summed E-state index contributed by atoms with van der Waals surface area (Å²) in [6, 6.07) is 0. The molecule has 5 heteroatoms. The summed E-state index contributed by atoms with van der Waals surface area (Å²) >= 11 is 0. The van der Waals surface area contributed by atoms with Crippen LogP contribution < -0.4 is 5.32 Å². The van der Waals surface area contributed by atoms with Crippen LogP contribution in [0.5, 0.6) is 0 Å². The topological polar surface area (TPSA) is 61.8 Å². The summed E-state index contributed by atoms with van der Waals surface area (Å²) in [6.45, 7) is 2.94. The van der Waals surface area contributed by atoms with E-state index >= 15 is 0 Å². The normalized spacial score (nSPS) is 17.4. The number of carbonyl (C=O) groups excluding carboxylic acids is 1. The Bertz CT molecular complexity index is 216. The van der Waals surface area contributed by atoms with Gasteiger partial charge in [0.2, 0.25) is 5.91 Å². The van der Waals surface area contributed by atoms with Gasteiger partial charge in [-0.25, -0.2) is 0 Å². The summed E-state index contributed by atoms with van der Waals surface area (Å²) in [6.07, 6.45) is 3.51. The summed E-state index contributed by atoms with van der Waals surface area (Å²) < 4.78 is 5.46. The van der Waals surface area contributed by atoms with Crippen LogP contribution >= 0.6 is 0 Å². The zero-order chi connectivity index (χ0) is 12.5. The summed E-state index contributed by atoms with van der Waals surface area (Å²) in [4.78, 5) is 13.7. The van der Waals surface area contributed by atoms with Crippen molar-refractivity contribution in [3.05, 3.63) is 0 Å². The second-order valence-electron chi connectivity index (χ2n) is 4.38. The van der Waals surface area contributed by atoms with Gasteiger partial charge in [0.05, 0.1) is 19.3 Å². The Morgan fingerprint density at radius 2 is 2.18 bits per heavy atom. The van der Waals surface area contributed by atoms with Crippen molar-refractivity contribution < 1.29 is 14.6 Å². The molecule has 0 aromatic heterocycles. The molecule has 1 saturated heterocycles. The highest BCUT2D eigenvalue weighted by molar-refractivity contribution is 5.76. The molecule has 0 aliphatic carbocycles. The summed E-state index contributed by atoms with van der Waals surface area (Å²) in [7, 11) is 1.90. The highest BCUT2D eigenvalue weighted by Crippen LogP contribution is 2.14. The molecule has 1 amide bonds. The van der Waals surface area contributed by atoms with Gasteiger partial charge in [-0.3, -0.25) is 4.79 Å². The van der Waals surface area contributed by atoms with Crippen LogP contribution in [0.15, 0.2) is 0 Å². The van der Waals surface area contributed by atoms with Crippen LogP contribution in [0.4, 0.5) is 0 Å². The van der Waals surface area contributed by atoms with Gasteiger partial charge < -0.3 is 20.1 Å². The second kappa shape index (κ2) is 8.44. The van der Waals surface area contributed by atoms with Crippen molar-refractivity contribution in [1.29, 1.82) is 0 Å². The van der Waals surface area contributed by atoms with Crippen LogP contribution in [0.3, 0.4) is 0 Å². The SMILES string of the molecule is CNCCCC(=O)N1CCC(OCCO)CC1. The molecule has 5 nitrogen and oxygen atoms in total. The highest BCUT2D eigenvalue weighted by Gasteiger charge is 2.22. The fourth-order valence-electron chi connectivity index (χ4n) is 2.07. The molecule has 0 saturated carbocycles. The van der Waals surface area contributed by atoms with Gasteiger partial charge in [-0.15, -0.1) is 0 Å². The zero-order valence-corrected chi connectivity index (χ0v) is 10.7. The number of hydrogen-bond donors (Lipinski definition) is 2. The Kier molecular flexibility index (Phi) is 7.16. The third-order valence-corrected chi connectivity index (χ3v) is 3.06. The lowest BCUT2D eigenvalue weighted by molar-refractivity contribution is -0.134. The van der Waals surface area contributed by atoms with Gasteiger partial charge in [-0.05, 0) is 32.9 Å². The molecule has 0 aromatic carbocycles. The first-order valence-electron chi connectivity index (χ1n) is 6.42. The summed E-state index contributed by atoms with van der Waals surface area (Å²) in [5.41, 5.74) is 0. The Hall–Kier alpha value is -0.650. The van der Waals surface area contributed by atoms with E-state index in [1.807, 2.05) is 11.9 Å². The Morgan fingerprint density at radius 3 is 2.76 bits per heavy atom. The predicted molar refractivity (Wildman–Crippen MR) is 65.8 cm³/mol. The first kappa shape index (κ1) is 14.4. The number of ether oxygens (including phenoxy) is 1. The first-order chi connectivity index (χ1) is 8.27. The molecule has 0 radical (unpaired) electrons. The third-order valence-electron chi connectivity index (χ3n) is 3.06. The van der Waals surface area contributed by atoms with Crippen LogP contribution in [0.2, 0.25) is 0 Å². The summed E-state index contributed by atoms with van der Waals surface area (Å²) in [5, 5.41) is 11.7. The lowest BCUT2D eigenvalue weighted by Gasteiger charge is -2.32. The lowest BCUT2D eigenvalue weighted by atomic mass is 10.1. The van der Waals surface area contributed by atoms with E-state index in [0.29, 0.717) is 13.0 Å². The maximum Gasteiger partial charge on any atom is 0.222 e. The zero-order valence-electron chi connectivity index (χ0n) is 10.7. The van der Waals surface area contributed by atoms with E-state index in [4.69, 9.17) is 9.84 Å². The fourth-order valence-corrected chi connectivity index (χ4v) is 2.07. The number of rotatable bonds is 7. The van der Waals surface area contributed by atoms with Gasteiger partial charge in [-0.1, -0.05) is 0 Å². The average Bonchev–Trinajstić information content (AvgIpc) is 2.37. The number of nitrogens with zero attached hydrogens (tertiary/aromatic N) is 1. The van der Waals surface area contributed by atoms with E-state index in [1.54, 1.807) is 0 Å². The molecule has 1 rings (SSSR count). The number of likely N-dealkylation sites (tertiary alicyclic amines) is 1. The van der Waals surface area contributed by atoms with Gasteiger partial charge in [0.15, 0.2) is 0 Å². The third kappa shape index (κ3) is 5.48. The molecule has 1 heterocycles. The minimum absolute atomic E-state index is 0.0726. The molecule has 0 atom stereocenters. The van der Waals surface area contributed by atoms with Gasteiger partial charge in [0, 0.05) is 19.5 Å². The quantitative estimate of drug-likeness (QED) is 0.618. The average molecular weight is 244 g/mol. The van der Waals surface area contributed by atoms with Crippen LogP contribution in [-0.4, -0.2) is 61.9 Å². The van der Waals surface area contributed by atoms with Crippen molar-refractivity contribution >= 4 is 5.91 Å². The smallest absolute Gasteiger partial charge is 0.222 e. The van der Waals surface area contributed by atoms with E-state index in [1.165, 1.54) is 0 Å². The van der Waals surface area contributed by atoms with E-state index in [2.05, 4.69) is 5.32 Å². The molecular formula is C12H24N2O3. The molecule has 1 aliphatic heterocycles. The van der Waals surface area contributed by atoms with Crippen molar-refractivity contribution in [2.45, 2.75) is 31.8 Å². The van der Waals surface area contributed by atoms with E-state index in [-0.39, 0.29) is 18.6 Å². The molecule has 0 aromatic rings. The predicted octanol–water partition coefficient (Wildman–Crippen LogP) is -0.0141. The van der Waals surface area contributed by atoms with Crippen LogP contribution in [0.1, 0.15) is 25.7 Å². The highest BCUT2D eigenvalue weighted by atomic mass is 16.5.